The predicted molar refractivity (Wildman–Crippen MR) is 95.7 cm³/mol. The molecular weight excluding hydrogens is 308 g/mol. The van der Waals surface area contributed by atoms with Gasteiger partial charge in [-0.25, -0.2) is 4.79 Å². The van der Waals surface area contributed by atoms with Crippen molar-refractivity contribution in [2.45, 2.75) is 58.7 Å². The third-order valence-electron chi connectivity index (χ3n) is 4.28. The molecule has 0 aliphatic heterocycles. The molecule has 0 fully saturated rings. The molecule has 0 unspecified atom stereocenters. The number of furan rings is 1. The second-order valence-electron chi connectivity index (χ2n) is 7.11. The van der Waals surface area contributed by atoms with E-state index in [-0.39, 0.29) is 11.0 Å². The minimum atomic E-state index is -1.72. The minimum Gasteiger partial charge on any atom is -0.465 e. The Morgan fingerprint density at radius 3 is 2.57 bits per heavy atom. The Hall–Kier alpha value is -1.33. The summed E-state index contributed by atoms with van der Waals surface area (Å²) in [5.74, 6) is 0.384. The number of allylic oxidation sites excluding steroid dienone is 1. The van der Waals surface area contributed by atoms with Crippen LogP contribution >= 0.6 is 0 Å². The highest BCUT2D eigenvalue weighted by Gasteiger charge is 2.36. The summed E-state index contributed by atoms with van der Waals surface area (Å²) in [6.45, 7) is 14.0. The second kappa shape index (κ2) is 8.50. The summed E-state index contributed by atoms with van der Waals surface area (Å²) < 4.78 is 16.6. The highest BCUT2D eigenvalue weighted by molar-refractivity contribution is 6.74. The van der Waals surface area contributed by atoms with Crippen molar-refractivity contribution >= 4 is 19.9 Å². The number of hydrogen-bond donors (Lipinski definition) is 0. The smallest absolute Gasteiger partial charge is 0.331 e. The Balaban J connectivity index is 2.61. The highest BCUT2D eigenvalue weighted by Crippen LogP contribution is 2.36. The van der Waals surface area contributed by atoms with Gasteiger partial charge in [0.1, 0.15) is 5.76 Å². The molecule has 0 N–H and O–H groups in total. The second-order valence-corrected chi connectivity index (χ2v) is 11.9. The summed E-state index contributed by atoms with van der Waals surface area (Å²) in [5.41, 5.74) is 0.854. The lowest BCUT2D eigenvalue weighted by molar-refractivity contribution is -0.137. The molecule has 0 radical (unpaired) electrons. The van der Waals surface area contributed by atoms with Gasteiger partial charge in [0.05, 0.1) is 12.9 Å². The normalized spacial score (nSPS) is 13.2. The molecule has 0 saturated heterocycles. The lowest BCUT2D eigenvalue weighted by Crippen LogP contribution is -2.40. The number of rotatable bonds is 8. The van der Waals surface area contributed by atoms with Crippen molar-refractivity contribution in [1.29, 1.82) is 0 Å². The first-order chi connectivity index (χ1) is 10.7. The van der Waals surface area contributed by atoms with Gasteiger partial charge in [0.2, 0.25) is 0 Å². The van der Waals surface area contributed by atoms with E-state index < -0.39 is 8.32 Å². The zero-order valence-electron chi connectivity index (χ0n) is 15.3. The van der Waals surface area contributed by atoms with Crippen LogP contribution in [0.25, 0.3) is 5.57 Å². The Kier molecular flexibility index (Phi) is 7.29. The molecule has 1 rings (SSSR count). The average molecular weight is 339 g/mol. The standard InChI is InChI=1S/C18H30O4Si/c1-7-20-17(19)14-15(16-11-9-12-21-16)10-8-13-22-23(5,6)18(2,3)4/h9,11-12,14H,7-8,10,13H2,1-6H3/b15-14-. The lowest BCUT2D eigenvalue weighted by Gasteiger charge is -2.36. The van der Waals surface area contributed by atoms with E-state index in [1.807, 2.05) is 12.1 Å². The van der Waals surface area contributed by atoms with Crippen molar-refractivity contribution in [1.82, 2.24) is 0 Å². The van der Waals surface area contributed by atoms with Crippen molar-refractivity contribution in [3.63, 3.8) is 0 Å². The summed E-state index contributed by atoms with van der Waals surface area (Å²) in [4.78, 5) is 11.7. The van der Waals surface area contributed by atoms with Gasteiger partial charge in [-0.2, -0.15) is 0 Å². The Bertz CT molecular complexity index is 510. The van der Waals surface area contributed by atoms with Crippen LogP contribution in [-0.2, 0) is 14.0 Å². The number of hydrogen-bond acceptors (Lipinski definition) is 4. The van der Waals surface area contributed by atoms with E-state index in [0.29, 0.717) is 19.0 Å². The molecule has 0 bridgehead atoms. The topological polar surface area (TPSA) is 48.7 Å². The maximum absolute atomic E-state index is 11.7. The van der Waals surface area contributed by atoms with E-state index in [1.54, 1.807) is 13.2 Å². The fourth-order valence-corrected chi connectivity index (χ4v) is 2.95. The summed E-state index contributed by atoms with van der Waals surface area (Å²) in [5, 5.41) is 0.206. The molecule has 0 aromatic carbocycles. The molecule has 0 aliphatic carbocycles. The van der Waals surface area contributed by atoms with Crippen LogP contribution < -0.4 is 0 Å². The number of carbonyl (C=O) groups excluding carboxylic acids is 1. The predicted octanol–water partition coefficient (Wildman–Crippen LogP) is 5.03. The SMILES string of the molecule is CCOC(=O)/C=C(/CCCO[Si](C)(C)C(C)(C)C)c1ccco1. The van der Waals surface area contributed by atoms with Crippen LogP contribution in [0.1, 0.15) is 46.3 Å². The molecule has 0 atom stereocenters. The fourth-order valence-electron chi connectivity index (χ4n) is 1.86. The Morgan fingerprint density at radius 1 is 1.35 bits per heavy atom. The molecule has 5 heteroatoms. The number of ether oxygens (including phenoxy) is 1. The summed E-state index contributed by atoms with van der Waals surface area (Å²) >= 11 is 0. The average Bonchev–Trinajstić information content (AvgIpc) is 2.95. The summed E-state index contributed by atoms with van der Waals surface area (Å²) in [7, 11) is -1.72. The van der Waals surface area contributed by atoms with E-state index in [0.717, 1.165) is 18.4 Å². The van der Waals surface area contributed by atoms with E-state index in [2.05, 4.69) is 33.9 Å². The van der Waals surface area contributed by atoms with Gasteiger partial charge in [0.25, 0.3) is 0 Å². The minimum absolute atomic E-state index is 0.206. The Labute approximate surface area is 141 Å². The van der Waals surface area contributed by atoms with Crippen molar-refractivity contribution in [3.8, 4) is 0 Å². The van der Waals surface area contributed by atoms with Crippen LogP contribution in [0.15, 0.2) is 28.9 Å². The maximum atomic E-state index is 11.7. The van der Waals surface area contributed by atoms with Gasteiger partial charge in [-0.3, -0.25) is 0 Å². The highest BCUT2D eigenvalue weighted by atomic mass is 28.4. The molecule has 1 aromatic rings. The van der Waals surface area contributed by atoms with E-state index >= 15 is 0 Å². The van der Waals surface area contributed by atoms with E-state index in [1.165, 1.54) is 6.08 Å². The molecule has 0 aliphatic rings. The van der Waals surface area contributed by atoms with Gasteiger partial charge in [-0.15, -0.1) is 0 Å². The third kappa shape index (κ3) is 6.35. The van der Waals surface area contributed by atoms with Crippen molar-refractivity contribution in [2.24, 2.45) is 0 Å². The first-order valence-electron chi connectivity index (χ1n) is 8.22. The first kappa shape index (κ1) is 19.7. The molecule has 4 nitrogen and oxygen atoms in total. The molecule has 1 heterocycles. The molecular formula is C18H30O4Si. The quantitative estimate of drug-likeness (QED) is 0.289. The van der Waals surface area contributed by atoms with Crippen molar-refractivity contribution in [3.05, 3.63) is 30.2 Å². The van der Waals surface area contributed by atoms with Crippen LogP contribution in [0.5, 0.6) is 0 Å². The van der Waals surface area contributed by atoms with Gasteiger partial charge in [0, 0.05) is 18.3 Å². The van der Waals surface area contributed by atoms with Gasteiger partial charge < -0.3 is 13.6 Å². The fraction of sp³-hybridized carbons (Fsp3) is 0.611. The van der Waals surface area contributed by atoms with Crippen LogP contribution in [0.3, 0.4) is 0 Å². The monoisotopic (exact) mass is 338 g/mol. The van der Waals surface area contributed by atoms with Gasteiger partial charge >= 0.3 is 5.97 Å². The van der Waals surface area contributed by atoms with Crippen LogP contribution in [0.2, 0.25) is 18.1 Å². The van der Waals surface area contributed by atoms with E-state index in [9.17, 15) is 4.79 Å². The summed E-state index contributed by atoms with van der Waals surface area (Å²) in [6, 6.07) is 3.68. The molecule has 0 spiro atoms. The van der Waals surface area contributed by atoms with Crippen LogP contribution in [0.4, 0.5) is 0 Å². The van der Waals surface area contributed by atoms with Gasteiger partial charge in [-0.1, -0.05) is 20.8 Å². The lowest BCUT2D eigenvalue weighted by atomic mass is 10.1. The number of carbonyl (C=O) groups is 1. The van der Waals surface area contributed by atoms with E-state index in [4.69, 9.17) is 13.6 Å². The molecule has 23 heavy (non-hydrogen) atoms. The first-order valence-corrected chi connectivity index (χ1v) is 11.1. The molecule has 1 aromatic heterocycles. The van der Waals surface area contributed by atoms with Crippen LogP contribution in [0, 0.1) is 0 Å². The number of esters is 1. The molecule has 130 valence electrons. The molecule has 0 saturated carbocycles. The zero-order valence-corrected chi connectivity index (χ0v) is 16.3. The van der Waals surface area contributed by atoms with Gasteiger partial charge in [-0.05, 0) is 50.0 Å². The Morgan fingerprint density at radius 2 is 2.04 bits per heavy atom. The van der Waals surface area contributed by atoms with Gasteiger partial charge in [0.15, 0.2) is 8.32 Å². The maximum Gasteiger partial charge on any atom is 0.331 e. The van der Waals surface area contributed by atoms with Crippen LogP contribution in [-0.4, -0.2) is 27.5 Å². The third-order valence-corrected chi connectivity index (χ3v) is 8.81. The molecule has 0 amide bonds. The largest absolute Gasteiger partial charge is 0.465 e. The summed E-state index contributed by atoms with van der Waals surface area (Å²) in [6.07, 6.45) is 4.70. The van der Waals surface area contributed by atoms with Crippen molar-refractivity contribution < 1.29 is 18.4 Å². The van der Waals surface area contributed by atoms with Crippen molar-refractivity contribution in [2.75, 3.05) is 13.2 Å². The zero-order chi connectivity index (χ0) is 17.5.